The Hall–Kier alpha value is -3.77. The van der Waals surface area contributed by atoms with Crippen LogP contribution in [0.4, 0.5) is 5.69 Å². The second-order valence-corrected chi connectivity index (χ2v) is 10.2. The minimum atomic E-state index is -3.72. The second kappa shape index (κ2) is 9.84. The van der Waals surface area contributed by atoms with Crippen LogP contribution in [-0.2, 0) is 14.8 Å². The SMILES string of the molecule is Cc1ccc(S(=O)(=O)N2CCCCC2)cc1C(=O)NCC(=O)Nc1cccc2c(=O)[nH][nH]c(=O)c12. The molecular weight excluding hydrogens is 474 g/mol. The molecule has 184 valence electrons. The minimum Gasteiger partial charge on any atom is -0.343 e. The summed E-state index contributed by atoms with van der Waals surface area (Å²) in [5.74, 6) is -1.24. The second-order valence-electron chi connectivity index (χ2n) is 8.31. The van der Waals surface area contributed by atoms with Crippen molar-refractivity contribution in [3.05, 3.63) is 68.2 Å². The number of aryl methyl sites for hydroxylation is 1. The van der Waals surface area contributed by atoms with Gasteiger partial charge in [0.25, 0.3) is 17.0 Å². The van der Waals surface area contributed by atoms with Gasteiger partial charge in [-0.2, -0.15) is 4.31 Å². The molecule has 0 unspecified atom stereocenters. The molecular formula is C23H25N5O6S. The van der Waals surface area contributed by atoms with E-state index in [4.69, 9.17) is 0 Å². The molecule has 0 spiro atoms. The highest BCUT2D eigenvalue weighted by Gasteiger charge is 2.27. The Kier molecular flexibility index (Phi) is 6.85. The number of piperidine rings is 1. The number of amides is 2. The van der Waals surface area contributed by atoms with E-state index in [-0.39, 0.29) is 26.9 Å². The van der Waals surface area contributed by atoms with Crippen LogP contribution in [0, 0.1) is 6.92 Å². The van der Waals surface area contributed by atoms with E-state index in [9.17, 15) is 27.6 Å². The number of H-pyrrole nitrogens is 2. The smallest absolute Gasteiger partial charge is 0.272 e. The van der Waals surface area contributed by atoms with Crippen molar-refractivity contribution in [1.29, 1.82) is 0 Å². The number of carbonyl (C=O) groups excluding carboxylic acids is 2. The summed E-state index contributed by atoms with van der Waals surface area (Å²) in [5.41, 5.74) is -0.273. The zero-order valence-electron chi connectivity index (χ0n) is 19.0. The van der Waals surface area contributed by atoms with Gasteiger partial charge in [0.05, 0.1) is 27.9 Å². The summed E-state index contributed by atoms with van der Waals surface area (Å²) in [5, 5.41) is 9.55. The van der Waals surface area contributed by atoms with Crippen molar-refractivity contribution in [1.82, 2.24) is 19.8 Å². The van der Waals surface area contributed by atoms with Gasteiger partial charge in [-0.05, 0) is 49.6 Å². The predicted octanol–water partition coefficient (Wildman–Crippen LogP) is 1.07. The first-order valence-electron chi connectivity index (χ1n) is 11.1. The number of fused-ring (bicyclic) bond motifs is 1. The maximum absolute atomic E-state index is 13.0. The largest absolute Gasteiger partial charge is 0.343 e. The van der Waals surface area contributed by atoms with Crippen molar-refractivity contribution in [3.63, 3.8) is 0 Å². The molecule has 1 saturated heterocycles. The number of nitrogens with one attached hydrogen (secondary N) is 4. The van der Waals surface area contributed by atoms with Crippen LogP contribution in [0.1, 0.15) is 35.2 Å². The number of anilines is 1. The number of sulfonamides is 1. The third-order valence-electron chi connectivity index (χ3n) is 5.92. The van der Waals surface area contributed by atoms with Crippen LogP contribution in [0.5, 0.6) is 0 Å². The van der Waals surface area contributed by atoms with E-state index in [1.165, 1.54) is 34.6 Å². The molecule has 0 atom stereocenters. The molecule has 1 fully saturated rings. The van der Waals surface area contributed by atoms with Crippen molar-refractivity contribution in [3.8, 4) is 0 Å². The lowest BCUT2D eigenvalue weighted by Gasteiger charge is -2.26. The molecule has 12 heteroatoms. The van der Waals surface area contributed by atoms with E-state index in [1.54, 1.807) is 13.0 Å². The number of benzene rings is 2. The Bertz CT molecular complexity index is 1520. The minimum absolute atomic E-state index is 0.0161. The summed E-state index contributed by atoms with van der Waals surface area (Å²) in [7, 11) is -3.72. The summed E-state index contributed by atoms with van der Waals surface area (Å²) >= 11 is 0. The van der Waals surface area contributed by atoms with Crippen molar-refractivity contribution < 1.29 is 18.0 Å². The zero-order valence-corrected chi connectivity index (χ0v) is 19.8. The highest BCUT2D eigenvalue weighted by molar-refractivity contribution is 7.89. The zero-order chi connectivity index (χ0) is 25.2. The van der Waals surface area contributed by atoms with Crippen molar-refractivity contribution in [2.24, 2.45) is 0 Å². The molecule has 1 aliphatic heterocycles. The van der Waals surface area contributed by atoms with Crippen LogP contribution >= 0.6 is 0 Å². The fourth-order valence-corrected chi connectivity index (χ4v) is 5.59. The molecule has 0 aliphatic carbocycles. The molecule has 3 aromatic rings. The molecule has 1 aliphatic rings. The Morgan fingerprint density at radius 2 is 1.71 bits per heavy atom. The van der Waals surface area contributed by atoms with E-state index in [0.717, 1.165) is 19.3 Å². The molecule has 1 aromatic heterocycles. The average molecular weight is 500 g/mol. The average Bonchev–Trinajstić information content (AvgIpc) is 2.85. The molecule has 2 aromatic carbocycles. The lowest BCUT2D eigenvalue weighted by Crippen LogP contribution is -2.36. The topological polar surface area (TPSA) is 161 Å². The Morgan fingerprint density at radius 3 is 2.46 bits per heavy atom. The van der Waals surface area contributed by atoms with Crippen LogP contribution in [0.25, 0.3) is 10.8 Å². The maximum Gasteiger partial charge on any atom is 0.272 e. The maximum atomic E-state index is 13.0. The molecule has 2 heterocycles. The molecule has 4 N–H and O–H groups in total. The van der Waals surface area contributed by atoms with Gasteiger partial charge in [0.2, 0.25) is 15.9 Å². The number of hydrogen-bond acceptors (Lipinski definition) is 6. The van der Waals surface area contributed by atoms with Crippen LogP contribution in [0.2, 0.25) is 0 Å². The van der Waals surface area contributed by atoms with Gasteiger partial charge in [-0.1, -0.05) is 18.6 Å². The summed E-state index contributed by atoms with van der Waals surface area (Å²) in [4.78, 5) is 49.4. The first kappa shape index (κ1) is 24.4. The van der Waals surface area contributed by atoms with Crippen molar-refractivity contribution in [2.45, 2.75) is 31.1 Å². The van der Waals surface area contributed by atoms with Crippen molar-refractivity contribution >= 4 is 38.3 Å². The molecule has 11 nitrogen and oxygen atoms in total. The monoisotopic (exact) mass is 499 g/mol. The van der Waals surface area contributed by atoms with Gasteiger partial charge in [0, 0.05) is 18.7 Å². The van der Waals surface area contributed by atoms with Gasteiger partial charge < -0.3 is 10.6 Å². The van der Waals surface area contributed by atoms with Gasteiger partial charge in [0.1, 0.15) is 0 Å². The standard InChI is InChI=1S/C23H25N5O6S/c1-14-8-9-15(35(33,34)28-10-3-2-4-11-28)12-17(14)21(30)24-13-19(29)25-18-7-5-6-16-20(18)23(32)27-26-22(16)31/h5-9,12H,2-4,10-11,13H2,1H3,(H,24,30)(H,25,29)(H,26,31)(H,27,32). The number of aromatic nitrogens is 2. The third kappa shape index (κ3) is 5.03. The first-order chi connectivity index (χ1) is 16.7. The summed E-state index contributed by atoms with van der Waals surface area (Å²) in [6, 6.07) is 8.80. The molecule has 0 radical (unpaired) electrons. The van der Waals surface area contributed by atoms with Gasteiger partial charge in [-0.15, -0.1) is 0 Å². The first-order valence-corrected chi connectivity index (χ1v) is 12.5. The quantitative estimate of drug-likeness (QED) is 0.397. The Labute approximate surface area is 200 Å². The van der Waals surface area contributed by atoms with E-state index < -0.39 is 39.5 Å². The predicted molar refractivity (Wildman–Crippen MR) is 130 cm³/mol. The summed E-state index contributed by atoms with van der Waals surface area (Å²) in [6.45, 7) is 2.13. The normalized spacial score (nSPS) is 14.5. The highest BCUT2D eigenvalue weighted by atomic mass is 32.2. The van der Waals surface area contributed by atoms with Gasteiger partial charge in [-0.3, -0.25) is 29.4 Å². The lowest BCUT2D eigenvalue weighted by atomic mass is 10.1. The van der Waals surface area contributed by atoms with E-state index in [2.05, 4.69) is 20.8 Å². The van der Waals surface area contributed by atoms with Crippen LogP contribution in [-0.4, -0.2) is 54.4 Å². The number of carbonyl (C=O) groups is 2. The Balaban J connectivity index is 1.48. The number of hydrogen-bond donors (Lipinski definition) is 4. The lowest BCUT2D eigenvalue weighted by molar-refractivity contribution is -0.115. The molecule has 0 bridgehead atoms. The van der Waals surface area contributed by atoms with E-state index in [0.29, 0.717) is 18.7 Å². The Morgan fingerprint density at radius 1 is 1.00 bits per heavy atom. The van der Waals surface area contributed by atoms with E-state index >= 15 is 0 Å². The van der Waals surface area contributed by atoms with Gasteiger partial charge >= 0.3 is 0 Å². The fourth-order valence-electron chi connectivity index (χ4n) is 4.04. The molecule has 2 amide bonds. The molecule has 4 rings (SSSR count). The number of rotatable bonds is 6. The van der Waals surface area contributed by atoms with Crippen LogP contribution in [0.15, 0.2) is 50.9 Å². The third-order valence-corrected chi connectivity index (χ3v) is 7.81. The highest BCUT2D eigenvalue weighted by Crippen LogP contribution is 2.23. The van der Waals surface area contributed by atoms with Gasteiger partial charge in [-0.25, -0.2) is 8.42 Å². The number of aromatic amines is 2. The van der Waals surface area contributed by atoms with Crippen LogP contribution in [0.3, 0.4) is 0 Å². The van der Waals surface area contributed by atoms with Crippen LogP contribution < -0.4 is 21.8 Å². The fraction of sp³-hybridized carbons (Fsp3) is 0.304. The summed E-state index contributed by atoms with van der Waals surface area (Å²) in [6.07, 6.45) is 2.58. The van der Waals surface area contributed by atoms with E-state index in [1.807, 2.05) is 0 Å². The number of nitrogens with zero attached hydrogens (tertiary/aromatic N) is 1. The van der Waals surface area contributed by atoms with Gasteiger partial charge in [0.15, 0.2) is 0 Å². The molecule has 35 heavy (non-hydrogen) atoms. The summed E-state index contributed by atoms with van der Waals surface area (Å²) < 4.78 is 27.4. The van der Waals surface area contributed by atoms with Crippen molar-refractivity contribution in [2.75, 3.05) is 25.0 Å². The molecule has 0 saturated carbocycles.